The number of carbonyl (C=O) groups is 1. The molecule has 0 atom stereocenters. The molecule has 0 bridgehead atoms. The van der Waals surface area contributed by atoms with E-state index in [1.165, 1.54) is 17.8 Å². The van der Waals surface area contributed by atoms with Gasteiger partial charge < -0.3 is 4.74 Å². The summed E-state index contributed by atoms with van der Waals surface area (Å²) in [5.41, 5.74) is 0.837. The monoisotopic (exact) mass is 333 g/mol. The van der Waals surface area contributed by atoms with E-state index >= 15 is 0 Å². The standard InChI is InChI=1S/C11H12BrNO4S/c1-2-17-11(14)7-18-6-8-3-4-9(12)10(5-8)13(15)16/h3-5H,2,6-7H2,1H3. The number of nitro groups is 1. The molecule has 0 amide bonds. The number of benzene rings is 1. The summed E-state index contributed by atoms with van der Waals surface area (Å²) in [6, 6.07) is 4.93. The normalized spacial score (nSPS) is 10.1. The molecule has 0 saturated heterocycles. The van der Waals surface area contributed by atoms with E-state index in [1.807, 2.05) is 0 Å². The molecule has 18 heavy (non-hydrogen) atoms. The number of rotatable bonds is 6. The summed E-state index contributed by atoms with van der Waals surface area (Å²) in [6.45, 7) is 2.11. The Kier molecular flexibility index (Phi) is 6.14. The second kappa shape index (κ2) is 7.38. The van der Waals surface area contributed by atoms with E-state index < -0.39 is 4.92 Å². The van der Waals surface area contributed by atoms with Gasteiger partial charge in [0.05, 0.1) is 21.8 Å². The van der Waals surface area contributed by atoms with Crippen molar-refractivity contribution in [1.82, 2.24) is 0 Å². The first-order valence-corrected chi connectivity index (χ1v) is 7.15. The van der Waals surface area contributed by atoms with E-state index in [4.69, 9.17) is 4.74 Å². The van der Waals surface area contributed by atoms with Crippen LogP contribution in [0.15, 0.2) is 22.7 Å². The van der Waals surface area contributed by atoms with Crippen LogP contribution in [0, 0.1) is 10.1 Å². The molecule has 0 unspecified atom stereocenters. The van der Waals surface area contributed by atoms with Crippen LogP contribution in [0.3, 0.4) is 0 Å². The molecule has 0 spiro atoms. The summed E-state index contributed by atoms with van der Waals surface area (Å²) in [5, 5.41) is 10.7. The molecular weight excluding hydrogens is 322 g/mol. The van der Waals surface area contributed by atoms with Crippen LogP contribution >= 0.6 is 27.7 Å². The number of nitro benzene ring substituents is 1. The Morgan fingerprint density at radius 2 is 2.28 bits per heavy atom. The van der Waals surface area contributed by atoms with Crippen LogP contribution in [0.4, 0.5) is 5.69 Å². The van der Waals surface area contributed by atoms with Crippen LogP contribution in [0.25, 0.3) is 0 Å². The van der Waals surface area contributed by atoms with E-state index in [-0.39, 0.29) is 17.4 Å². The summed E-state index contributed by atoms with van der Waals surface area (Å²) in [7, 11) is 0. The lowest BCUT2D eigenvalue weighted by Gasteiger charge is -2.03. The van der Waals surface area contributed by atoms with E-state index in [0.29, 0.717) is 16.8 Å². The van der Waals surface area contributed by atoms with Gasteiger partial charge in [-0.3, -0.25) is 14.9 Å². The maximum atomic E-state index is 11.1. The molecular formula is C11H12BrNO4S. The largest absolute Gasteiger partial charge is 0.465 e. The van der Waals surface area contributed by atoms with Gasteiger partial charge in [0.15, 0.2) is 0 Å². The molecule has 0 aliphatic carbocycles. The first-order chi connectivity index (χ1) is 8.54. The topological polar surface area (TPSA) is 69.4 Å². The maximum absolute atomic E-state index is 11.1. The van der Waals surface area contributed by atoms with Gasteiger partial charge in [0.25, 0.3) is 5.69 Å². The number of ether oxygens (including phenoxy) is 1. The highest BCUT2D eigenvalue weighted by atomic mass is 79.9. The van der Waals surface area contributed by atoms with Crippen molar-refractivity contribution in [2.24, 2.45) is 0 Å². The van der Waals surface area contributed by atoms with Crippen LogP contribution in [-0.4, -0.2) is 23.3 Å². The third-order valence-corrected chi connectivity index (χ3v) is 3.65. The molecule has 0 heterocycles. The third-order valence-electron chi connectivity index (χ3n) is 2.00. The van der Waals surface area contributed by atoms with Crippen LogP contribution < -0.4 is 0 Å². The number of nitrogens with zero attached hydrogens (tertiary/aromatic N) is 1. The summed E-state index contributed by atoms with van der Waals surface area (Å²) in [6.07, 6.45) is 0. The van der Waals surface area contributed by atoms with Crippen LogP contribution in [0.2, 0.25) is 0 Å². The van der Waals surface area contributed by atoms with Crippen molar-refractivity contribution in [2.45, 2.75) is 12.7 Å². The zero-order chi connectivity index (χ0) is 13.5. The first kappa shape index (κ1) is 15.0. The molecule has 5 nitrogen and oxygen atoms in total. The summed E-state index contributed by atoms with van der Waals surface area (Å²) < 4.78 is 5.24. The highest BCUT2D eigenvalue weighted by molar-refractivity contribution is 9.10. The van der Waals surface area contributed by atoms with E-state index in [1.54, 1.807) is 19.1 Å². The Bertz CT molecular complexity index is 453. The van der Waals surface area contributed by atoms with E-state index in [9.17, 15) is 14.9 Å². The molecule has 1 aromatic rings. The quantitative estimate of drug-likeness (QED) is 0.454. The average Bonchev–Trinajstić information content (AvgIpc) is 2.31. The van der Waals surface area contributed by atoms with Crippen LogP contribution in [-0.2, 0) is 15.3 Å². The second-order valence-electron chi connectivity index (χ2n) is 3.34. The fourth-order valence-corrected chi connectivity index (χ4v) is 2.40. The first-order valence-electron chi connectivity index (χ1n) is 5.20. The predicted octanol–water partition coefficient (Wildman–Crippen LogP) is 3.15. The van der Waals surface area contributed by atoms with Gasteiger partial charge in [0.2, 0.25) is 0 Å². The minimum absolute atomic E-state index is 0.0317. The number of esters is 1. The highest BCUT2D eigenvalue weighted by Crippen LogP contribution is 2.27. The number of hydrogen-bond donors (Lipinski definition) is 0. The van der Waals surface area contributed by atoms with Crippen molar-refractivity contribution in [2.75, 3.05) is 12.4 Å². The minimum atomic E-state index is -0.441. The Hall–Kier alpha value is -1.08. The fraction of sp³-hybridized carbons (Fsp3) is 0.364. The number of thioether (sulfide) groups is 1. The summed E-state index contributed by atoms with van der Waals surface area (Å²) in [4.78, 5) is 21.4. The molecule has 0 radical (unpaired) electrons. The maximum Gasteiger partial charge on any atom is 0.315 e. The Labute approximate surface area is 117 Å². The molecule has 0 saturated carbocycles. The van der Waals surface area contributed by atoms with Gasteiger partial charge in [0, 0.05) is 11.8 Å². The molecule has 1 aromatic carbocycles. The smallest absolute Gasteiger partial charge is 0.315 e. The van der Waals surface area contributed by atoms with Crippen molar-refractivity contribution in [3.8, 4) is 0 Å². The van der Waals surface area contributed by atoms with Crippen molar-refractivity contribution >= 4 is 39.3 Å². The lowest BCUT2D eigenvalue weighted by molar-refractivity contribution is -0.385. The summed E-state index contributed by atoms with van der Waals surface area (Å²) in [5.74, 6) is 0.513. The SMILES string of the molecule is CCOC(=O)CSCc1ccc(Br)c([N+](=O)[O-])c1. The lowest BCUT2D eigenvalue weighted by Crippen LogP contribution is -2.06. The molecule has 1 rings (SSSR count). The van der Waals surface area contributed by atoms with Gasteiger partial charge in [-0.15, -0.1) is 11.8 Å². The van der Waals surface area contributed by atoms with Crippen molar-refractivity contribution in [1.29, 1.82) is 0 Å². The van der Waals surface area contributed by atoms with Crippen LogP contribution in [0.1, 0.15) is 12.5 Å². The highest BCUT2D eigenvalue weighted by Gasteiger charge is 2.12. The van der Waals surface area contributed by atoms with Gasteiger partial charge >= 0.3 is 5.97 Å². The summed E-state index contributed by atoms with van der Waals surface area (Å²) >= 11 is 4.49. The van der Waals surface area contributed by atoms with Gasteiger partial charge in [-0.05, 0) is 34.5 Å². The zero-order valence-corrected chi connectivity index (χ0v) is 12.1. The molecule has 7 heteroatoms. The Balaban J connectivity index is 2.55. The van der Waals surface area contributed by atoms with Crippen LogP contribution in [0.5, 0.6) is 0 Å². The van der Waals surface area contributed by atoms with Crippen molar-refractivity contribution in [3.63, 3.8) is 0 Å². The van der Waals surface area contributed by atoms with Gasteiger partial charge in [-0.1, -0.05) is 6.07 Å². The average molecular weight is 334 g/mol. The number of halogens is 1. The Morgan fingerprint density at radius 3 is 2.89 bits per heavy atom. The number of carbonyl (C=O) groups excluding carboxylic acids is 1. The molecule has 0 fully saturated rings. The Morgan fingerprint density at radius 1 is 1.56 bits per heavy atom. The molecule has 98 valence electrons. The predicted molar refractivity (Wildman–Crippen MR) is 73.6 cm³/mol. The number of hydrogen-bond acceptors (Lipinski definition) is 5. The third kappa shape index (κ3) is 4.66. The van der Waals surface area contributed by atoms with Crippen molar-refractivity contribution in [3.05, 3.63) is 38.3 Å². The zero-order valence-electron chi connectivity index (χ0n) is 9.72. The molecule has 0 aromatic heterocycles. The van der Waals surface area contributed by atoms with Gasteiger partial charge in [-0.2, -0.15) is 0 Å². The molecule has 0 aliphatic rings. The minimum Gasteiger partial charge on any atom is -0.465 e. The van der Waals surface area contributed by atoms with Gasteiger partial charge in [0.1, 0.15) is 0 Å². The van der Waals surface area contributed by atoms with E-state index in [2.05, 4.69) is 15.9 Å². The molecule has 0 N–H and O–H groups in total. The van der Waals surface area contributed by atoms with E-state index in [0.717, 1.165) is 5.56 Å². The van der Waals surface area contributed by atoms with Gasteiger partial charge in [-0.25, -0.2) is 0 Å². The molecule has 0 aliphatic heterocycles. The lowest BCUT2D eigenvalue weighted by atomic mass is 10.2. The van der Waals surface area contributed by atoms with Crippen molar-refractivity contribution < 1.29 is 14.5 Å². The second-order valence-corrected chi connectivity index (χ2v) is 5.18. The fourth-order valence-electron chi connectivity index (χ4n) is 1.24.